The number of amides is 1. The number of carbonyl (C=O) groups excluding carboxylic acids is 1. The van der Waals surface area contributed by atoms with Crippen LogP contribution < -0.4 is 5.32 Å². The zero-order valence-corrected chi connectivity index (χ0v) is 12.2. The lowest BCUT2D eigenvalue weighted by atomic mass is 10.1. The van der Waals surface area contributed by atoms with E-state index in [0.29, 0.717) is 11.3 Å². The van der Waals surface area contributed by atoms with E-state index in [2.05, 4.69) is 21.2 Å². The largest absolute Gasteiger partial charge is 0.322 e. The number of nitrogens with zero attached hydrogens (tertiary/aromatic N) is 1. The number of benzene rings is 2. The third kappa shape index (κ3) is 3.03. The fraction of sp³-hybridized carbons (Fsp3) is 0.0714. The van der Waals surface area contributed by atoms with Gasteiger partial charge in [-0.25, -0.2) is 0 Å². The third-order valence-corrected chi connectivity index (χ3v) is 3.31. The molecule has 0 atom stereocenters. The van der Waals surface area contributed by atoms with Gasteiger partial charge >= 0.3 is 0 Å². The zero-order chi connectivity index (χ0) is 14.7. The van der Waals surface area contributed by atoms with E-state index in [1.807, 2.05) is 0 Å². The summed E-state index contributed by atoms with van der Waals surface area (Å²) in [7, 11) is 0. The SMILES string of the molecule is Cc1cccc([N+](=O)[O-])c1C(=O)Nc1ccc(Br)cc1. The van der Waals surface area contributed by atoms with Crippen LogP contribution in [0.3, 0.4) is 0 Å². The molecule has 20 heavy (non-hydrogen) atoms. The second-order valence-electron chi connectivity index (χ2n) is 4.19. The van der Waals surface area contributed by atoms with E-state index < -0.39 is 10.8 Å². The Kier molecular flexibility index (Phi) is 4.14. The minimum atomic E-state index is -0.552. The number of nitrogens with one attached hydrogen (secondary N) is 1. The van der Waals surface area contributed by atoms with E-state index in [9.17, 15) is 14.9 Å². The van der Waals surface area contributed by atoms with Gasteiger partial charge < -0.3 is 5.32 Å². The van der Waals surface area contributed by atoms with Gasteiger partial charge in [0.1, 0.15) is 5.56 Å². The number of rotatable bonds is 3. The maximum absolute atomic E-state index is 12.2. The Morgan fingerprint density at radius 1 is 1.20 bits per heavy atom. The molecule has 0 saturated carbocycles. The van der Waals surface area contributed by atoms with Crippen LogP contribution in [0.1, 0.15) is 15.9 Å². The molecule has 0 aliphatic carbocycles. The lowest BCUT2D eigenvalue weighted by molar-refractivity contribution is -0.385. The predicted molar refractivity (Wildman–Crippen MR) is 79.9 cm³/mol. The van der Waals surface area contributed by atoms with Crippen molar-refractivity contribution in [1.29, 1.82) is 0 Å². The Hall–Kier alpha value is -2.21. The summed E-state index contributed by atoms with van der Waals surface area (Å²) in [6, 6.07) is 11.5. The Morgan fingerprint density at radius 2 is 1.85 bits per heavy atom. The highest BCUT2D eigenvalue weighted by Gasteiger charge is 2.22. The van der Waals surface area contributed by atoms with Crippen molar-refractivity contribution in [3.05, 3.63) is 68.2 Å². The second kappa shape index (κ2) is 5.83. The number of halogens is 1. The first kappa shape index (κ1) is 14.2. The summed E-state index contributed by atoms with van der Waals surface area (Å²) in [5.41, 5.74) is 1.03. The number of hydrogen-bond donors (Lipinski definition) is 1. The first-order valence-corrected chi connectivity index (χ1v) is 6.59. The van der Waals surface area contributed by atoms with Gasteiger partial charge in [-0.15, -0.1) is 0 Å². The monoisotopic (exact) mass is 334 g/mol. The fourth-order valence-corrected chi connectivity index (χ4v) is 2.09. The van der Waals surface area contributed by atoms with Crippen LogP contribution in [0.15, 0.2) is 46.9 Å². The van der Waals surface area contributed by atoms with Gasteiger partial charge in [-0.1, -0.05) is 28.1 Å². The summed E-state index contributed by atoms with van der Waals surface area (Å²) < 4.78 is 0.886. The molecule has 1 N–H and O–H groups in total. The smallest absolute Gasteiger partial charge is 0.282 e. The van der Waals surface area contributed by atoms with Crippen LogP contribution in [-0.4, -0.2) is 10.8 Å². The van der Waals surface area contributed by atoms with Gasteiger partial charge in [0.05, 0.1) is 4.92 Å². The van der Waals surface area contributed by atoms with Crippen LogP contribution >= 0.6 is 15.9 Å². The number of nitro benzene ring substituents is 1. The Morgan fingerprint density at radius 3 is 2.45 bits per heavy atom. The first-order chi connectivity index (χ1) is 9.49. The molecule has 0 bridgehead atoms. The molecule has 2 aromatic carbocycles. The maximum Gasteiger partial charge on any atom is 0.282 e. The number of anilines is 1. The molecule has 2 rings (SSSR count). The average molecular weight is 335 g/mol. The van der Waals surface area contributed by atoms with Crippen molar-refractivity contribution in [3.8, 4) is 0 Å². The molecular formula is C14H11BrN2O3. The number of aryl methyl sites for hydroxylation is 1. The molecule has 0 heterocycles. The highest BCUT2D eigenvalue weighted by molar-refractivity contribution is 9.10. The minimum absolute atomic E-state index is 0.0837. The lowest BCUT2D eigenvalue weighted by Gasteiger charge is -2.08. The van der Waals surface area contributed by atoms with Gasteiger partial charge in [-0.2, -0.15) is 0 Å². The molecule has 102 valence electrons. The average Bonchev–Trinajstić information content (AvgIpc) is 2.40. The molecule has 0 saturated heterocycles. The van der Waals surface area contributed by atoms with E-state index in [1.165, 1.54) is 6.07 Å². The minimum Gasteiger partial charge on any atom is -0.322 e. The van der Waals surface area contributed by atoms with Crippen LogP contribution in [0.4, 0.5) is 11.4 Å². The third-order valence-electron chi connectivity index (χ3n) is 2.78. The molecule has 0 unspecified atom stereocenters. The number of hydrogen-bond acceptors (Lipinski definition) is 3. The van der Waals surface area contributed by atoms with Gasteiger partial charge in [0.2, 0.25) is 0 Å². The van der Waals surface area contributed by atoms with Crippen molar-refractivity contribution in [3.63, 3.8) is 0 Å². The van der Waals surface area contributed by atoms with E-state index in [4.69, 9.17) is 0 Å². The quantitative estimate of drug-likeness (QED) is 0.683. The van der Waals surface area contributed by atoms with Crippen LogP contribution in [0.2, 0.25) is 0 Å². The second-order valence-corrected chi connectivity index (χ2v) is 5.10. The number of carbonyl (C=O) groups is 1. The van der Waals surface area contributed by atoms with Crippen molar-refractivity contribution in [2.24, 2.45) is 0 Å². The lowest BCUT2D eigenvalue weighted by Crippen LogP contribution is -2.15. The molecule has 5 nitrogen and oxygen atoms in total. The van der Waals surface area contributed by atoms with E-state index in [1.54, 1.807) is 43.3 Å². The van der Waals surface area contributed by atoms with Crippen molar-refractivity contribution < 1.29 is 9.72 Å². The van der Waals surface area contributed by atoms with E-state index >= 15 is 0 Å². The predicted octanol–water partition coefficient (Wildman–Crippen LogP) is 3.92. The van der Waals surface area contributed by atoms with Crippen molar-refractivity contribution >= 4 is 33.2 Å². The van der Waals surface area contributed by atoms with Crippen LogP contribution in [0.5, 0.6) is 0 Å². The summed E-state index contributed by atoms with van der Waals surface area (Å²) in [4.78, 5) is 22.7. The van der Waals surface area contributed by atoms with Crippen LogP contribution in [-0.2, 0) is 0 Å². The van der Waals surface area contributed by atoms with Gasteiger partial charge in [0.15, 0.2) is 0 Å². The normalized spacial score (nSPS) is 10.1. The summed E-state index contributed by atoms with van der Waals surface area (Å²) in [5, 5.41) is 13.7. The molecule has 0 aromatic heterocycles. The summed E-state index contributed by atoms with van der Waals surface area (Å²) in [5.74, 6) is -0.489. The molecular weight excluding hydrogens is 324 g/mol. The zero-order valence-electron chi connectivity index (χ0n) is 10.6. The van der Waals surface area contributed by atoms with Gasteiger partial charge in [-0.05, 0) is 36.8 Å². The molecule has 1 amide bonds. The van der Waals surface area contributed by atoms with Crippen LogP contribution in [0.25, 0.3) is 0 Å². The molecule has 0 aliphatic rings. The Labute approximate surface area is 123 Å². The number of nitro groups is 1. The molecule has 6 heteroatoms. The molecule has 0 aliphatic heterocycles. The van der Waals surface area contributed by atoms with E-state index in [-0.39, 0.29) is 11.3 Å². The first-order valence-electron chi connectivity index (χ1n) is 5.80. The molecule has 0 fully saturated rings. The topological polar surface area (TPSA) is 72.2 Å². The van der Waals surface area contributed by atoms with Gasteiger partial charge in [0.25, 0.3) is 11.6 Å². The summed E-state index contributed by atoms with van der Waals surface area (Å²) in [6.07, 6.45) is 0. The van der Waals surface area contributed by atoms with E-state index in [0.717, 1.165) is 4.47 Å². The van der Waals surface area contributed by atoms with Crippen molar-refractivity contribution in [2.75, 3.05) is 5.32 Å². The Balaban J connectivity index is 2.34. The Bertz CT molecular complexity index is 669. The summed E-state index contributed by atoms with van der Waals surface area (Å²) >= 11 is 3.30. The highest BCUT2D eigenvalue weighted by Crippen LogP contribution is 2.23. The standard InChI is InChI=1S/C14H11BrN2O3/c1-9-3-2-4-12(17(19)20)13(9)14(18)16-11-7-5-10(15)6-8-11/h2-8H,1H3,(H,16,18). The fourth-order valence-electron chi connectivity index (χ4n) is 1.83. The van der Waals surface area contributed by atoms with Crippen LogP contribution in [0, 0.1) is 17.0 Å². The van der Waals surface area contributed by atoms with Crippen molar-refractivity contribution in [2.45, 2.75) is 6.92 Å². The van der Waals surface area contributed by atoms with Gasteiger partial charge in [-0.3, -0.25) is 14.9 Å². The molecule has 2 aromatic rings. The van der Waals surface area contributed by atoms with Crippen molar-refractivity contribution in [1.82, 2.24) is 0 Å². The highest BCUT2D eigenvalue weighted by atomic mass is 79.9. The molecule has 0 spiro atoms. The maximum atomic E-state index is 12.2. The molecule has 0 radical (unpaired) electrons. The summed E-state index contributed by atoms with van der Waals surface area (Å²) in [6.45, 7) is 1.67. The van der Waals surface area contributed by atoms with Gasteiger partial charge in [0, 0.05) is 16.2 Å².